The summed E-state index contributed by atoms with van der Waals surface area (Å²) < 4.78 is 26.3. The second-order valence-corrected chi connectivity index (χ2v) is 11.8. The summed E-state index contributed by atoms with van der Waals surface area (Å²) in [6.07, 6.45) is 17.5. The summed E-state index contributed by atoms with van der Waals surface area (Å²) in [7, 11) is 0. The van der Waals surface area contributed by atoms with Crippen molar-refractivity contribution in [1.82, 2.24) is 9.97 Å². The summed E-state index contributed by atoms with van der Waals surface area (Å²) in [5.74, 6) is 1.20. The monoisotopic (exact) mass is 604 g/mol. The number of alkyl halides is 1. The molecule has 0 aliphatic heterocycles. The van der Waals surface area contributed by atoms with Crippen LogP contribution in [0.15, 0.2) is 35.1 Å². The average Bonchev–Trinajstić information content (AvgIpc) is 2.95. The van der Waals surface area contributed by atoms with Crippen LogP contribution >= 0.6 is 15.9 Å². The minimum atomic E-state index is -1.50. The predicted molar refractivity (Wildman–Crippen MR) is 159 cm³/mol. The van der Waals surface area contributed by atoms with E-state index in [1.54, 1.807) is 0 Å². The molecule has 2 aromatic rings. The maximum atomic E-state index is 13.9. The van der Waals surface area contributed by atoms with Gasteiger partial charge in [0.1, 0.15) is 11.9 Å². The molecule has 1 heterocycles. The molecule has 216 valence electrons. The van der Waals surface area contributed by atoms with Gasteiger partial charge in [0.15, 0.2) is 12.0 Å². The Bertz CT molecular complexity index is 980. The van der Waals surface area contributed by atoms with Gasteiger partial charge in [-0.25, -0.2) is 19.2 Å². The topological polar surface area (TPSA) is 61.3 Å². The molecule has 1 saturated carbocycles. The zero-order valence-corrected chi connectivity index (χ0v) is 25.4. The van der Waals surface area contributed by atoms with Crippen molar-refractivity contribution in [2.45, 2.75) is 122 Å². The summed E-state index contributed by atoms with van der Waals surface area (Å²) in [5.41, 5.74) is 2.14. The molecule has 1 atom stereocenters. The Labute approximate surface area is 242 Å². The number of aromatic nitrogens is 2. The molecule has 1 aromatic carbocycles. The maximum Gasteiger partial charge on any atom is 0.340 e. The van der Waals surface area contributed by atoms with Crippen molar-refractivity contribution in [2.75, 3.05) is 6.61 Å². The first-order chi connectivity index (χ1) is 19.0. The van der Waals surface area contributed by atoms with Crippen LogP contribution in [0.4, 0.5) is 4.39 Å². The number of carbonyl (C=O) groups is 1. The van der Waals surface area contributed by atoms with Crippen LogP contribution in [0.1, 0.15) is 109 Å². The molecule has 7 heteroatoms. The van der Waals surface area contributed by atoms with E-state index in [2.05, 4.69) is 32.8 Å². The van der Waals surface area contributed by atoms with E-state index in [4.69, 9.17) is 9.47 Å². The van der Waals surface area contributed by atoms with Gasteiger partial charge in [0.2, 0.25) is 0 Å². The number of hydrogen-bond donors (Lipinski definition) is 0. The summed E-state index contributed by atoms with van der Waals surface area (Å²) >= 11 is 3.64. The molecule has 0 spiro atoms. The molecule has 3 rings (SSSR count). The third-order valence-corrected chi connectivity index (χ3v) is 8.20. The normalized spacial score (nSPS) is 18.1. The summed E-state index contributed by atoms with van der Waals surface area (Å²) in [5, 5.41) is 0. The van der Waals surface area contributed by atoms with Crippen molar-refractivity contribution in [3.8, 4) is 17.1 Å². The number of hydrogen-bond acceptors (Lipinski definition) is 5. The average molecular weight is 606 g/mol. The molecular formula is C32H46BrFN2O3. The predicted octanol–water partition coefficient (Wildman–Crippen LogP) is 9.21. The SMILES string of the molecule is CCCCCCCCCc1cnc(-c2ccc(OC[C@H]3CC[C@H](OC(=O)[C@@H](F)CCCC)CC3)c(Br)c2)nc1. The van der Waals surface area contributed by atoms with E-state index in [1.807, 2.05) is 37.5 Å². The Kier molecular flexibility index (Phi) is 14.2. The Morgan fingerprint density at radius 1 is 0.974 bits per heavy atom. The van der Waals surface area contributed by atoms with Gasteiger partial charge < -0.3 is 9.47 Å². The number of nitrogens with zero attached hydrogens (tertiary/aromatic N) is 2. The number of carbonyl (C=O) groups excluding carboxylic acids is 1. The third-order valence-electron chi connectivity index (χ3n) is 7.58. The number of esters is 1. The van der Waals surface area contributed by atoms with Crippen molar-refractivity contribution in [1.29, 1.82) is 0 Å². The van der Waals surface area contributed by atoms with Crippen LogP contribution in [-0.4, -0.2) is 34.8 Å². The quantitative estimate of drug-likeness (QED) is 0.133. The first-order valence-electron chi connectivity index (χ1n) is 15.1. The molecule has 0 bridgehead atoms. The Hall–Kier alpha value is -2.02. The van der Waals surface area contributed by atoms with E-state index in [0.29, 0.717) is 24.8 Å². The Morgan fingerprint density at radius 2 is 1.64 bits per heavy atom. The number of rotatable bonds is 17. The minimum Gasteiger partial charge on any atom is -0.492 e. The highest BCUT2D eigenvalue weighted by Crippen LogP contribution is 2.32. The number of halogens is 2. The standard InChI is InChI=1S/C32H46BrFN2O3/c1-3-5-7-8-9-10-11-12-25-21-35-31(36-22-25)26-16-19-30(28(33)20-26)38-23-24-14-17-27(18-15-24)39-32(37)29(34)13-6-4-2/h16,19-22,24,27,29H,3-15,17-18,23H2,1-2H3/t24-,27-,29-/m0/s1. The van der Waals surface area contributed by atoms with Gasteiger partial charge in [-0.05, 0) is 90.6 Å². The lowest BCUT2D eigenvalue weighted by molar-refractivity contribution is -0.157. The van der Waals surface area contributed by atoms with Gasteiger partial charge in [0, 0.05) is 18.0 Å². The zero-order valence-electron chi connectivity index (χ0n) is 23.8. The molecule has 1 aliphatic carbocycles. The highest BCUT2D eigenvalue weighted by Gasteiger charge is 2.27. The lowest BCUT2D eigenvalue weighted by Crippen LogP contribution is -2.30. The van der Waals surface area contributed by atoms with E-state index >= 15 is 0 Å². The van der Waals surface area contributed by atoms with Crippen LogP contribution in [0.5, 0.6) is 5.75 Å². The van der Waals surface area contributed by atoms with Gasteiger partial charge in [0.05, 0.1) is 11.1 Å². The zero-order chi connectivity index (χ0) is 27.9. The molecule has 0 unspecified atom stereocenters. The first-order valence-corrected chi connectivity index (χ1v) is 15.9. The van der Waals surface area contributed by atoms with Gasteiger partial charge in [-0.1, -0.05) is 65.2 Å². The van der Waals surface area contributed by atoms with E-state index < -0.39 is 12.1 Å². The van der Waals surface area contributed by atoms with Crippen molar-refractivity contribution in [3.63, 3.8) is 0 Å². The third kappa shape index (κ3) is 11.2. The smallest absolute Gasteiger partial charge is 0.340 e. The number of unbranched alkanes of at least 4 members (excludes halogenated alkanes) is 7. The molecule has 1 aliphatic rings. The molecule has 5 nitrogen and oxygen atoms in total. The van der Waals surface area contributed by atoms with E-state index in [0.717, 1.165) is 54.3 Å². The van der Waals surface area contributed by atoms with Crippen molar-refractivity contribution < 1.29 is 18.7 Å². The molecule has 0 radical (unpaired) electrons. The summed E-state index contributed by atoms with van der Waals surface area (Å²) in [6.45, 7) is 4.84. The van der Waals surface area contributed by atoms with Gasteiger partial charge >= 0.3 is 5.97 Å². The van der Waals surface area contributed by atoms with Crippen molar-refractivity contribution >= 4 is 21.9 Å². The highest BCUT2D eigenvalue weighted by molar-refractivity contribution is 9.10. The first kappa shape index (κ1) is 31.5. The minimum absolute atomic E-state index is 0.179. The number of aryl methyl sites for hydroxylation is 1. The lowest BCUT2D eigenvalue weighted by Gasteiger charge is -2.28. The molecule has 0 N–H and O–H groups in total. The summed E-state index contributed by atoms with van der Waals surface area (Å²) in [6, 6.07) is 5.96. The van der Waals surface area contributed by atoms with E-state index in [9.17, 15) is 9.18 Å². The van der Waals surface area contributed by atoms with Gasteiger partial charge in [0.25, 0.3) is 0 Å². The molecule has 1 aromatic heterocycles. The van der Waals surface area contributed by atoms with Crippen LogP contribution in [0.25, 0.3) is 11.4 Å². The summed E-state index contributed by atoms with van der Waals surface area (Å²) in [4.78, 5) is 21.1. The molecule has 0 saturated heterocycles. The van der Waals surface area contributed by atoms with Crippen LogP contribution in [-0.2, 0) is 16.0 Å². The number of benzene rings is 1. The molecule has 0 amide bonds. The largest absolute Gasteiger partial charge is 0.492 e. The molecule has 39 heavy (non-hydrogen) atoms. The van der Waals surface area contributed by atoms with Crippen LogP contribution in [0.2, 0.25) is 0 Å². The van der Waals surface area contributed by atoms with Crippen molar-refractivity contribution in [3.05, 3.63) is 40.6 Å². The second kappa shape index (κ2) is 17.6. The van der Waals surface area contributed by atoms with Crippen molar-refractivity contribution in [2.24, 2.45) is 5.92 Å². The van der Waals surface area contributed by atoms with Gasteiger partial charge in [-0.3, -0.25) is 0 Å². The van der Waals surface area contributed by atoms with Gasteiger partial charge in [-0.2, -0.15) is 0 Å². The number of ether oxygens (including phenoxy) is 2. The van der Waals surface area contributed by atoms with Crippen LogP contribution in [0, 0.1) is 5.92 Å². The fraction of sp³-hybridized carbons (Fsp3) is 0.656. The molecular weight excluding hydrogens is 559 g/mol. The van der Waals surface area contributed by atoms with E-state index in [1.165, 1.54) is 50.5 Å². The van der Waals surface area contributed by atoms with Gasteiger partial charge in [-0.15, -0.1) is 0 Å². The Balaban J connectivity index is 1.38. The molecule has 1 fully saturated rings. The fourth-order valence-electron chi connectivity index (χ4n) is 5.04. The second-order valence-electron chi connectivity index (χ2n) is 10.9. The van der Waals surface area contributed by atoms with Crippen LogP contribution in [0.3, 0.4) is 0 Å². The fourth-order valence-corrected chi connectivity index (χ4v) is 5.53. The van der Waals surface area contributed by atoms with Crippen LogP contribution < -0.4 is 4.74 Å². The Morgan fingerprint density at radius 3 is 2.31 bits per heavy atom. The lowest BCUT2D eigenvalue weighted by atomic mass is 9.88. The van der Waals surface area contributed by atoms with E-state index in [-0.39, 0.29) is 12.5 Å². The maximum absolute atomic E-state index is 13.9. The highest BCUT2D eigenvalue weighted by atomic mass is 79.9.